The summed E-state index contributed by atoms with van der Waals surface area (Å²) >= 11 is 1.83. The third-order valence-electron chi connectivity index (χ3n) is 2.55. The van der Waals surface area contributed by atoms with E-state index in [0.717, 1.165) is 37.0 Å². The van der Waals surface area contributed by atoms with Gasteiger partial charge in [-0.25, -0.2) is 0 Å². The predicted molar refractivity (Wildman–Crippen MR) is 62.8 cm³/mol. The average Bonchev–Trinajstić information content (AvgIpc) is 2.95. The SMILES string of the molecule is CSCCn1cc(CNCC2CC2)nn1. The Morgan fingerprint density at radius 1 is 1.60 bits per heavy atom. The van der Waals surface area contributed by atoms with Crippen LogP contribution < -0.4 is 5.32 Å². The van der Waals surface area contributed by atoms with Crippen molar-refractivity contribution in [1.82, 2.24) is 20.3 Å². The van der Waals surface area contributed by atoms with Crippen LogP contribution in [0.5, 0.6) is 0 Å². The van der Waals surface area contributed by atoms with E-state index in [9.17, 15) is 0 Å². The second kappa shape index (κ2) is 5.51. The summed E-state index contributed by atoms with van der Waals surface area (Å²) in [7, 11) is 0. The van der Waals surface area contributed by atoms with Gasteiger partial charge in [-0.15, -0.1) is 5.10 Å². The Bertz CT molecular complexity index is 295. The highest BCUT2D eigenvalue weighted by atomic mass is 32.2. The highest BCUT2D eigenvalue weighted by molar-refractivity contribution is 7.98. The molecule has 0 spiro atoms. The van der Waals surface area contributed by atoms with Crippen LogP contribution in [0.4, 0.5) is 0 Å². The van der Waals surface area contributed by atoms with Crippen LogP contribution in [0.25, 0.3) is 0 Å². The van der Waals surface area contributed by atoms with Crippen molar-refractivity contribution in [3.63, 3.8) is 0 Å². The first-order valence-corrected chi connectivity index (χ1v) is 6.86. The highest BCUT2D eigenvalue weighted by Gasteiger charge is 2.20. The molecule has 1 saturated carbocycles. The van der Waals surface area contributed by atoms with E-state index >= 15 is 0 Å². The summed E-state index contributed by atoms with van der Waals surface area (Å²) in [5, 5.41) is 11.6. The van der Waals surface area contributed by atoms with Gasteiger partial charge in [-0.2, -0.15) is 11.8 Å². The molecule has 4 nitrogen and oxygen atoms in total. The summed E-state index contributed by atoms with van der Waals surface area (Å²) in [4.78, 5) is 0. The van der Waals surface area contributed by atoms with E-state index in [4.69, 9.17) is 0 Å². The van der Waals surface area contributed by atoms with E-state index in [1.165, 1.54) is 12.8 Å². The minimum absolute atomic E-state index is 0.857. The molecule has 0 radical (unpaired) electrons. The molecule has 84 valence electrons. The minimum atomic E-state index is 0.857. The summed E-state index contributed by atoms with van der Waals surface area (Å²) in [6.45, 7) is 2.95. The Kier molecular flexibility index (Phi) is 4.02. The Balaban J connectivity index is 1.68. The maximum atomic E-state index is 4.13. The largest absolute Gasteiger partial charge is 0.311 e. The molecule has 0 unspecified atom stereocenters. The van der Waals surface area contributed by atoms with Crippen molar-refractivity contribution >= 4 is 11.8 Å². The number of hydrogen-bond donors (Lipinski definition) is 1. The van der Waals surface area contributed by atoms with Crippen LogP contribution >= 0.6 is 11.8 Å². The molecule has 0 aromatic carbocycles. The number of aromatic nitrogens is 3. The number of nitrogens with zero attached hydrogens (tertiary/aromatic N) is 3. The Morgan fingerprint density at radius 3 is 3.20 bits per heavy atom. The first kappa shape index (κ1) is 11.0. The van der Waals surface area contributed by atoms with Gasteiger partial charge in [0.05, 0.1) is 12.2 Å². The first-order chi connectivity index (χ1) is 7.38. The second-order valence-corrected chi connectivity index (χ2v) is 5.03. The lowest BCUT2D eigenvalue weighted by Gasteiger charge is -1.98. The summed E-state index contributed by atoms with van der Waals surface area (Å²) < 4.78 is 1.92. The maximum Gasteiger partial charge on any atom is 0.0964 e. The van der Waals surface area contributed by atoms with Gasteiger partial charge in [-0.1, -0.05) is 5.21 Å². The molecule has 0 saturated heterocycles. The van der Waals surface area contributed by atoms with Gasteiger partial charge in [-0.3, -0.25) is 4.68 Å². The molecule has 1 heterocycles. The van der Waals surface area contributed by atoms with Crippen molar-refractivity contribution < 1.29 is 0 Å². The fraction of sp³-hybridized carbons (Fsp3) is 0.800. The van der Waals surface area contributed by atoms with Crippen molar-refractivity contribution in [2.75, 3.05) is 18.6 Å². The number of aryl methyl sites for hydroxylation is 1. The Morgan fingerprint density at radius 2 is 2.47 bits per heavy atom. The van der Waals surface area contributed by atoms with Gasteiger partial charge < -0.3 is 5.32 Å². The van der Waals surface area contributed by atoms with E-state index in [0.29, 0.717) is 0 Å². The van der Waals surface area contributed by atoms with E-state index < -0.39 is 0 Å². The third-order valence-corrected chi connectivity index (χ3v) is 3.14. The van der Waals surface area contributed by atoms with Crippen LogP contribution in [0.2, 0.25) is 0 Å². The van der Waals surface area contributed by atoms with Crippen LogP contribution in [0.3, 0.4) is 0 Å². The summed E-state index contributed by atoms with van der Waals surface area (Å²) in [5.74, 6) is 2.02. The van der Waals surface area contributed by atoms with Gasteiger partial charge in [0.25, 0.3) is 0 Å². The van der Waals surface area contributed by atoms with Gasteiger partial charge in [0.1, 0.15) is 0 Å². The van der Waals surface area contributed by atoms with Crippen molar-refractivity contribution in [2.24, 2.45) is 5.92 Å². The molecular weight excluding hydrogens is 208 g/mol. The van der Waals surface area contributed by atoms with Crippen LogP contribution in [-0.4, -0.2) is 33.5 Å². The van der Waals surface area contributed by atoms with Crippen molar-refractivity contribution in [3.8, 4) is 0 Å². The van der Waals surface area contributed by atoms with Crippen LogP contribution in [0.15, 0.2) is 6.20 Å². The molecule has 1 aliphatic rings. The molecule has 0 atom stereocenters. The molecule has 0 amide bonds. The third kappa shape index (κ3) is 3.83. The van der Waals surface area contributed by atoms with Gasteiger partial charge >= 0.3 is 0 Å². The molecule has 1 N–H and O–H groups in total. The quantitative estimate of drug-likeness (QED) is 0.757. The Hall–Kier alpha value is -0.550. The van der Waals surface area contributed by atoms with Crippen molar-refractivity contribution in [2.45, 2.75) is 25.9 Å². The van der Waals surface area contributed by atoms with E-state index in [1.54, 1.807) is 0 Å². The summed E-state index contributed by atoms with van der Waals surface area (Å²) in [5.41, 5.74) is 1.05. The standard InChI is InChI=1S/C10H18N4S/c1-15-5-4-14-8-10(12-13-14)7-11-6-9-2-3-9/h8-9,11H,2-7H2,1H3. The normalized spacial score (nSPS) is 15.8. The molecule has 2 rings (SSSR count). The molecule has 1 aromatic heterocycles. The minimum Gasteiger partial charge on any atom is -0.311 e. The molecule has 5 heteroatoms. The zero-order valence-corrected chi connectivity index (χ0v) is 9.96. The zero-order valence-electron chi connectivity index (χ0n) is 9.15. The smallest absolute Gasteiger partial charge is 0.0964 e. The molecular formula is C10H18N4S. The van der Waals surface area contributed by atoms with Crippen molar-refractivity contribution in [3.05, 3.63) is 11.9 Å². The molecule has 15 heavy (non-hydrogen) atoms. The summed E-state index contributed by atoms with van der Waals surface area (Å²) in [6.07, 6.45) is 6.94. The molecule has 1 fully saturated rings. The van der Waals surface area contributed by atoms with Gasteiger partial charge in [0.2, 0.25) is 0 Å². The molecule has 0 bridgehead atoms. The molecule has 1 aromatic rings. The van der Waals surface area contributed by atoms with Gasteiger partial charge in [0, 0.05) is 18.5 Å². The monoisotopic (exact) mass is 226 g/mol. The lowest BCUT2D eigenvalue weighted by atomic mass is 10.4. The van der Waals surface area contributed by atoms with E-state index in [1.807, 2.05) is 22.6 Å². The van der Waals surface area contributed by atoms with Crippen LogP contribution in [-0.2, 0) is 13.1 Å². The second-order valence-electron chi connectivity index (χ2n) is 4.04. The predicted octanol–water partition coefficient (Wildman–Crippen LogP) is 1.14. The van der Waals surface area contributed by atoms with Crippen molar-refractivity contribution in [1.29, 1.82) is 0 Å². The van der Waals surface area contributed by atoms with Gasteiger partial charge in [-0.05, 0) is 31.6 Å². The van der Waals surface area contributed by atoms with E-state index in [2.05, 4.69) is 21.9 Å². The molecule has 1 aliphatic carbocycles. The van der Waals surface area contributed by atoms with Crippen LogP contribution in [0, 0.1) is 5.92 Å². The zero-order chi connectivity index (χ0) is 10.5. The average molecular weight is 226 g/mol. The summed E-state index contributed by atoms with van der Waals surface area (Å²) in [6, 6.07) is 0. The molecule has 0 aliphatic heterocycles. The highest BCUT2D eigenvalue weighted by Crippen LogP contribution is 2.27. The lowest BCUT2D eigenvalue weighted by Crippen LogP contribution is -2.16. The van der Waals surface area contributed by atoms with Gasteiger partial charge in [0.15, 0.2) is 0 Å². The number of thioether (sulfide) groups is 1. The lowest BCUT2D eigenvalue weighted by molar-refractivity contribution is 0.623. The number of nitrogens with one attached hydrogen (secondary N) is 1. The Labute approximate surface area is 94.8 Å². The first-order valence-electron chi connectivity index (χ1n) is 5.47. The topological polar surface area (TPSA) is 42.7 Å². The maximum absolute atomic E-state index is 4.13. The van der Waals surface area contributed by atoms with Crippen LogP contribution in [0.1, 0.15) is 18.5 Å². The number of rotatable bonds is 7. The number of hydrogen-bond acceptors (Lipinski definition) is 4. The van der Waals surface area contributed by atoms with E-state index in [-0.39, 0.29) is 0 Å². The fourth-order valence-electron chi connectivity index (χ4n) is 1.44. The fourth-order valence-corrected chi connectivity index (χ4v) is 1.81.